The third-order valence-corrected chi connectivity index (χ3v) is 10.3. The number of phenols is 1. The highest BCUT2D eigenvalue weighted by Gasteiger charge is 2.51. The monoisotopic (exact) mass is 567 g/mol. The number of benzene rings is 2. The van der Waals surface area contributed by atoms with E-state index in [1.807, 2.05) is 38.2 Å². The first-order chi connectivity index (χ1) is 20.2. The van der Waals surface area contributed by atoms with Gasteiger partial charge in [-0.1, -0.05) is 23.4 Å². The van der Waals surface area contributed by atoms with Crippen LogP contribution < -0.4 is 11.1 Å². The molecule has 220 valence electrons. The van der Waals surface area contributed by atoms with Gasteiger partial charge >= 0.3 is 0 Å². The second-order valence-corrected chi connectivity index (χ2v) is 13.6. The Bertz CT molecular complexity index is 1560. The number of rotatable bonds is 9. The standard InChI is InChI=1S/C34H41N5O3/c1-19-7-25(40)8-20(2)27(19)13-28(35)32(41)37-30(12-24-18-36-29-6-4-3-5-26(24)29)33-38-31(39-42-33)17-34-14-21-9-22(15-34)11-23(10-21)16-34/h3-8,18,21-23,28,30,36,40H,9-17,35H2,1-2H3,(H,37,41). The number of aromatic nitrogens is 3. The number of fused-ring (bicyclic) bond motifs is 1. The van der Waals surface area contributed by atoms with Crippen LogP contribution in [0.4, 0.5) is 0 Å². The lowest BCUT2D eigenvalue weighted by Gasteiger charge is -2.56. The zero-order valence-electron chi connectivity index (χ0n) is 24.5. The van der Waals surface area contributed by atoms with Crippen LogP contribution in [0.1, 0.15) is 78.5 Å². The molecule has 4 bridgehead atoms. The van der Waals surface area contributed by atoms with Gasteiger partial charge in [-0.2, -0.15) is 4.98 Å². The van der Waals surface area contributed by atoms with E-state index in [0.29, 0.717) is 24.1 Å². The molecule has 0 aliphatic heterocycles. The minimum absolute atomic E-state index is 0.214. The van der Waals surface area contributed by atoms with Gasteiger partial charge in [-0.25, -0.2) is 0 Å². The molecule has 2 atom stereocenters. The summed E-state index contributed by atoms with van der Waals surface area (Å²) in [7, 11) is 0. The first-order valence-corrected chi connectivity index (χ1v) is 15.5. The SMILES string of the molecule is Cc1cc(O)cc(C)c1CC(N)C(=O)NC(Cc1c[nH]c2ccccc12)c1nc(CC23CC4CC(CC(C4)C2)C3)no1. The Morgan fingerprint density at radius 1 is 1.10 bits per heavy atom. The molecule has 8 nitrogen and oxygen atoms in total. The van der Waals surface area contributed by atoms with Gasteiger partial charge in [0.1, 0.15) is 11.8 Å². The molecule has 8 heteroatoms. The van der Waals surface area contributed by atoms with Gasteiger partial charge in [0.15, 0.2) is 5.82 Å². The quantitative estimate of drug-likeness (QED) is 0.208. The van der Waals surface area contributed by atoms with Gasteiger partial charge < -0.3 is 25.7 Å². The molecule has 1 amide bonds. The number of H-pyrrole nitrogens is 1. The molecular weight excluding hydrogens is 526 g/mol. The normalized spacial score (nSPS) is 26.0. The van der Waals surface area contributed by atoms with E-state index in [1.54, 1.807) is 12.1 Å². The fourth-order valence-corrected chi connectivity index (χ4v) is 8.93. The average molecular weight is 568 g/mol. The predicted molar refractivity (Wildman–Crippen MR) is 161 cm³/mol. The van der Waals surface area contributed by atoms with Crippen LogP contribution in [0.2, 0.25) is 0 Å². The van der Waals surface area contributed by atoms with Crippen molar-refractivity contribution >= 4 is 16.8 Å². The summed E-state index contributed by atoms with van der Waals surface area (Å²) in [5, 5.41) is 18.6. The van der Waals surface area contributed by atoms with E-state index in [9.17, 15) is 9.90 Å². The highest BCUT2D eigenvalue weighted by molar-refractivity contribution is 5.84. The molecule has 4 fully saturated rings. The minimum atomic E-state index is -0.771. The lowest BCUT2D eigenvalue weighted by Crippen LogP contribution is -2.47. The van der Waals surface area contributed by atoms with Crippen LogP contribution in [0.5, 0.6) is 5.75 Å². The molecular formula is C34H41N5O3. The average Bonchev–Trinajstić information content (AvgIpc) is 3.56. The van der Waals surface area contributed by atoms with Gasteiger partial charge in [0.05, 0.1) is 6.04 Å². The smallest absolute Gasteiger partial charge is 0.249 e. The third kappa shape index (κ3) is 5.21. The Hall–Kier alpha value is -3.65. The number of nitrogens with two attached hydrogens (primary N) is 1. The third-order valence-electron chi connectivity index (χ3n) is 10.3. The molecule has 4 aliphatic rings. The Morgan fingerprint density at radius 3 is 2.45 bits per heavy atom. The van der Waals surface area contributed by atoms with Gasteiger partial charge in [-0.3, -0.25) is 4.79 Å². The summed E-state index contributed by atoms with van der Waals surface area (Å²) in [5.74, 6) is 3.71. The van der Waals surface area contributed by atoms with Crippen LogP contribution in [0.15, 0.2) is 47.1 Å². The number of aromatic hydroxyl groups is 1. The van der Waals surface area contributed by atoms with Crippen LogP contribution in [-0.2, 0) is 24.1 Å². The van der Waals surface area contributed by atoms with Crippen LogP contribution in [0.3, 0.4) is 0 Å². The lowest BCUT2D eigenvalue weighted by molar-refractivity contribution is -0.123. The molecule has 0 spiro atoms. The fraction of sp³-hybridized carbons (Fsp3) is 0.500. The van der Waals surface area contributed by atoms with Gasteiger partial charge in [0.25, 0.3) is 0 Å². The van der Waals surface area contributed by atoms with Crippen LogP contribution >= 0.6 is 0 Å². The lowest BCUT2D eigenvalue weighted by atomic mass is 9.49. The molecule has 4 aliphatic carbocycles. The van der Waals surface area contributed by atoms with Crippen molar-refractivity contribution in [2.45, 2.75) is 83.7 Å². The van der Waals surface area contributed by atoms with Crippen LogP contribution in [0, 0.1) is 37.0 Å². The summed E-state index contributed by atoms with van der Waals surface area (Å²) in [5.41, 5.74) is 11.7. The zero-order valence-corrected chi connectivity index (χ0v) is 24.5. The van der Waals surface area contributed by atoms with E-state index in [-0.39, 0.29) is 11.7 Å². The number of hydrogen-bond acceptors (Lipinski definition) is 6. The first-order valence-electron chi connectivity index (χ1n) is 15.5. The molecule has 2 aromatic carbocycles. The van der Waals surface area contributed by atoms with Gasteiger partial charge in [0.2, 0.25) is 11.8 Å². The van der Waals surface area contributed by atoms with E-state index in [4.69, 9.17) is 15.2 Å². The van der Waals surface area contributed by atoms with Crippen molar-refractivity contribution in [2.24, 2.45) is 28.9 Å². The molecule has 0 saturated heterocycles. The molecule has 4 aromatic rings. The van der Waals surface area contributed by atoms with Gasteiger partial charge in [-0.15, -0.1) is 0 Å². The summed E-state index contributed by atoms with van der Waals surface area (Å²) < 4.78 is 5.90. The molecule has 8 rings (SSSR count). The Balaban J connectivity index is 1.12. The van der Waals surface area contributed by atoms with Crippen molar-refractivity contribution < 1.29 is 14.4 Å². The Labute approximate surface area is 246 Å². The summed E-state index contributed by atoms with van der Waals surface area (Å²) in [4.78, 5) is 21.8. The number of phenolic OH excluding ortho intramolecular Hbond substituents is 1. The molecule has 2 aromatic heterocycles. The van der Waals surface area contributed by atoms with E-state index < -0.39 is 12.1 Å². The number of aromatic amines is 1. The second-order valence-electron chi connectivity index (χ2n) is 13.6. The van der Waals surface area contributed by atoms with Crippen molar-refractivity contribution in [3.05, 3.63) is 76.6 Å². The highest BCUT2D eigenvalue weighted by atomic mass is 16.5. The van der Waals surface area contributed by atoms with E-state index in [2.05, 4.69) is 21.5 Å². The molecule has 0 radical (unpaired) electrons. The molecule has 2 heterocycles. The number of aryl methyl sites for hydroxylation is 2. The number of para-hydroxylation sites is 1. The minimum Gasteiger partial charge on any atom is -0.508 e. The van der Waals surface area contributed by atoms with Gasteiger partial charge in [0, 0.05) is 29.9 Å². The number of nitrogens with zero attached hydrogens (tertiary/aromatic N) is 2. The van der Waals surface area contributed by atoms with Crippen LogP contribution in [0.25, 0.3) is 10.9 Å². The number of amides is 1. The van der Waals surface area contributed by atoms with Crippen molar-refractivity contribution in [2.75, 3.05) is 0 Å². The van der Waals surface area contributed by atoms with Crippen molar-refractivity contribution in [3.63, 3.8) is 0 Å². The number of carbonyl (C=O) groups is 1. The van der Waals surface area contributed by atoms with Crippen molar-refractivity contribution in [1.82, 2.24) is 20.4 Å². The van der Waals surface area contributed by atoms with E-state index in [1.165, 1.54) is 38.5 Å². The maximum atomic E-state index is 13.5. The van der Waals surface area contributed by atoms with Gasteiger partial charge in [-0.05, 0) is 122 Å². The largest absolute Gasteiger partial charge is 0.508 e. The number of hydrogen-bond donors (Lipinski definition) is 4. The summed E-state index contributed by atoms with van der Waals surface area (Å²) in [6.07, 6.45) is 11.8. The maximum absolute atomic E-state index is 13.5. The fourth-order valence-electron chi connectivity index (χ4n) is 8.93. The van der Waals surface area contributed by atoms with Crippen molar-refractivity contribution in [3.8, 4) is 5.75 Å². The maximum Gasteiger partial charge on any atom is 0.249 e. The number of nitrogens with one attached hydrogen (secondary N) is 2. The predicted octanol–water partition coefficient (Wildman–Crippen LogP) is 5.60. The molecule has 2 unspecified atom stereocenters. The second kappa shape index (κ2) is 10.6. The van der Waals surface area contributed by atoms with E-state index in [0.717, 1.165) is 63.2 Å². The molecule has 5 N–H and O–H groups in total. The first kappa shape index (κ1) is 27.2. The summed E-state index contributed by atoms with van der Waals surface area (Å²) in [6.45, 7) is 3.85. The molecule has 4 saturated carbocycles. The topological polar surface area (TPSA) is 130 Å². The zero-order chi connectivity index (χ0) is 29.0. The van der Waals surface area contributed by atoms with E-state index >= 15 is 0 Å². The number of carbonyl (C=O) groups excluding carboxylic acids is 1. The Morgan fingerprint density at radius 2 is 1.76 bits per heavy atom. The highest BCUT2D eigenvalue weighted by Crippen LogP contribution is 2.60. The summed E-state index contributed by atoms with van der Waals surface area (Å²) in [6, 6.07) is 10.3. The summed E-state index contributed by atoms with van der Waals surface area (Å²) >= 11 is 0. The van der Waals surface area contributed by atoms with Crippen molar-refractivity contribution in [1.29, 1.82) is 0 Å². The Kier molecular flexibility index (Phi) is 6.84. The molecule has 42 heavy (non-hydrogen) atoms. The van der Waals surface area contributed by atoms with Crippen LogP contribution in [-0.4, -0.2) is 32.2 Å².